The van der Waals surface area contributed by atoms with Gasteiger partial charge in [0.2, 0.25) is 5.91 Å². The van der Waals surface area contributed by atoms with Crippen molar-refractivity contribution in [1.82, 2.24) is 9.47 Å². The molecular formula is C19H30N2O5. The summed E-state index contributed by atoms with van der Waals surface area (Å²) in [6, 6.07) is -0.834. The van der Waals surface area contributed by atoms with Crippen LogP contribution in [0.1, 0.15) is 59.8 Å². The summed E-state index contributed by atoms with van der Waals surface area (Å²) in [5.41, 5.74) is 2.12. The van der Waals surface area contributed by atoms with Gasteiger partial charge in [0.15, 0.2) is 5.78 Å². The van der Waals surface area contributed by atoms with E-state index in [1.165, 1.54) is 19.1 Å². The Bertz CT molecular complexity index is 691. The Hall–Kier alpha value is -2.15. The molecule has 0 fully saturated rings. The third kappa shape index (κ3) is 3.98. The number of amides is 1. The number of rotatable bonds is 8. The number of carbonyl (C=O) groups excluding carboxylic acids is 3. The SMILES string of the molecule is CCn1c(C)c(C(=O)C(C)N(C(=O)COC)C(C)C)c(C)c1C(=O)OC. The number of ketones is 1. The van der Waals surface area contributed by atoms with E-state index in [2.05, 4.69) is 0 Å². The van der Waals surface area contributed by atoms with Gasteiger partial charge >= 0.3 is 5.97 Å². The molecule has 1 rings (SSSR count). The third-order valence-electron chi connectivity index (χ3n) is 4.62. The second-order valence-electron chi connectivity index (χ2n) is 6.54. The van der Waals surface area contributed by atoms with Crippen molar-refractivity contribution in [3.8, 4) is 0 Å². The lowest BCUT2D eigenvalue weighted by Gasteiger charge is -2.32. The smallest absolute Gasteiger partial charge is 0.354 e. The predicted octanol–water partition coefficient (Wildman–Crippen LogP) is 2.37. The zero-order valence-corrected chi connectivity index (χ0v) is 17.0. The Labute approximate surface area is 155 Å². The summed E-state index contributed by atoms with van der Waals surface area (Å²) < 4.78 is 11.6. The van der Waals surface area contributed by atoms with E-state index in [-0.39, 0.29) is 24.3 Å². The quantitative estimate of drug-likeness (QED) is 0.521. The number of nitrogens with zero attached hydrogens (tertiary/aromatic N) is 2. The Balaban J connectivity index is 3.42. The van der Waals surface area contributed by atoms with E-state index in [1.807, 2.05) is 20.8 Å². The molecule has 146 valence electrons. The molecule has 0 bridgehead atoms. The first-order valence-electron chi connectivity index (χ1n) is 8.76. The normalized spacial score (nSPS) is 12.2. The van der Waals surface area contributed by atoms with Gasteiger partial charge in [-0.1, -0.05) is 0 Å². The van der Waals surface area contributed by atoms with Crippen molar-refractivity contribution >= 4 is 17.7 Å². The van der Waals surface area contributed by atoms with Crippen molar-refractivity contribution in [2.24, 2.45) is 0 Å². The van der Waals surface area contributed by atoms with Crippen LogP contribution in [0.4, 0.5) is 0 Å². The van der Waals surface area contributed by atoms with Gasteiger partial charge in [-0.25, -0.2) is 4.79 Å². The van der Waals surface area contributed by atoms with Gasteiger partial charge in [0.1, 0.15) is 12.3 Å². The topological polar surface area (TPSA) is 77.8 Å². The van der Waals surface area contributed by atoms with Crippen LogP contribution in [0.2, 0.25) is 0 Å². The van der Waals surface area contributed by atoms with Gasteiger partial charge < -0.3 is 18.9 Å². The summed E-state index contributed by atoms with van der Waals surface area (Å²) in [7, 11) is 2.76. The summed E-state index contributed by atoms with van der Waals surface area (Å²) in [4.78, 5) is 39.3. The first kappa shape index (κ1) is 21.9. The minimum Gasteiger partial charge on any atom is -0.464 e. The number of carbonyl (C=O) groups is 3. The maximum atomic E-state index is 13.2. The first-order valence-corrected chi connectivity index (χ1v) is 8.76. The number of methoxy groups -OCH3 is 2. The van der Waals surface area contributed by atoms with E-state index in [9.17, 15) is 14.4 Å². The van der Waals surface area contributed by atoms with Crippen molar-refractivity contribution in [2.75, 3.05) is 20.8 Å². The maximum Gasteiger partial charge on any atom is 0.354 e. The van der Waals surface area contributed by atoms with Crippen LogP contribution in [0.15, 0.2) is 0 Å². The third-order valence-corrected chi connectivity index (χ3v) is 4.62. The van der Waals surface area contributed by atoms with Crippen LogP contribution in [-0.4, -0.2) is 60.0 Å². The molecule has 1 atom stereocenters. The number of hydrogen-bond donors (Lipinski definition) is 0. The van der Waals surface area contributed by atoms with Crippen molar-refractivity contribution in [3.63, 3.8) is 0 Å². The number of ether oxygens (including phenoxy) is 2. The molecule has 0 spiro atoms. The van der Waals surface area contributed by atoms with Crippen molar-refractivity contribution < 1.29 is 23.9 Å². The van der Waals surface area contributed by atoms with Crippen molar-refractivity contribution in [1.29, 1.82) is 0 Å². The van der Waals surface area contributed by atoms with Crippen LogP contribution in [0, 0.1) is 13.8 Å². The fourth-order valence-corrected chi connectivity index (χ4v) is 3.50. The Kier molecular flexibility index (Phi) is 7.56. The molecule has 1 aromatic rings. The van der Waals surface area contributed by atoms with Crippen LogP contribution >= 0.6 is 0 Å². The monoisotopic (exact) mass is 366 g/mol. The average Bonchev–Trinajstić information content (AvgIpc) is 2.83. The van der Waals surface area contributed by atoms with Crippen LogP contribution in [0.5, 0.6) is 0 Å². The second kappa shape index (κ2) is 8.98. The van der Waals surface area contributed by atoms with Crippen LogP contribution in [-0.2, 0) is 20.8 Å². The molecular weight excluding hydrogens is 336 g/mol. The maximum absolute atomic E-state index is 13.2. The largest absolute Gasteiger partial charge is 0.464 e. The minimum atomic E-state index is -0.673. The zero-order chi connectivity index (χ0) is 20.2. The van der Waals surface area contributed by atoms with Crippen LogP contribution in [0.3, 0.4) is 0 Å². The predicted molar refractivity (Wildman–Crippen MR) is 98.6 cm³/mol. The van der Waals surface area contributed by atoms with E-state index >= 15 is 0 Å². The molecule has 0 saturated carbocycles. The fourth-order valence-electron chi connectivity index (χ4n) is 3.50. The first-order chi connectivity index (χ1) is 12.1. The molecule has 1 amide bonds. The number of esters is 1. The van der Waals surface area contributed by atoms with Crippen molar-refractivity contribution in [2.45, 2.75) is 60.2 Å². The number of hydrogen-bond acceptors (Lipinski definition) is 5. The fraction of sp³-hybridized carbons (Fsp3) is 0.632. The highest BCUT2D eigenvalue weighted by Gasteiger charge is 2.33. The molecule has 0 saturated heterocycles. The lowest BCUT2D eigenvalue weighted by molar-refractivity contribution is -0.138. The standard InChI is InChI=1S/C19H30N2O5/c1-9-20-13(5)16(12(4)17(20)19(24)26-8)18(23)14(6)21(11(2)3)15(22)10-25-7/h11,14H,9-10H2,1-8H3. The number of Topliss-reactive ketones (excluding diaryl/α,β-unsaturated/α-hetero) is 1. The zero-order valence-electron chi connectivity index (χ0n) is 17.0. The molecule has 0 N–H and O–H groups in total. The average molecular weight is 366 g/mol. The van der Waals surface area contributed by atoms with Crippen molar-refractivity contribution in [3.05, 3.63) is 22.5 Å². The van der Waals surface area contributed by atoms with Gasteiger partial charge in [-0.3, -0.25) is 9.59 Å². The molecule has 0 aliphatic rings. The molecule has 1 unspecified atom stereocenters. The van der Waals surface area contributed by atoms with Gasteiger partial charge in [0, 0.05) is 31.0 Å². The van der Waals surface area contributed by atoms with Gasteiger partial charge in [-0.2, -0.15) is 0 Å². The molecule has 7 nitrogen and oxygen atoms in total. The molecule has 0 aliphatic heterocycles. The summed E-state index contributed by atoms with van der Waals surface area (Å²) in [6.07, 6.45) is 0. The Morgan fingerprint density at radius 1 is 1.12 bits per heavy atom. The molecule has 0 aliphatic carbocycles. The van der Waals surface area contributed by atoms with Gasteiger partial charge in [-0.05, 0) is 47.1 Å². The van der Waals surface area contributed by atoms with E-state index in [4.69, 9.17) is 9.47 Å². The lowest BCUT2D eigenvalue weighted by atomic mass is 9.99. The molecule has 1 heterocycles. The van der Waals surface area contributed by atoms with Gasteiger partial charge in [0.25, 0.3) is 0 Å². The Morgan fingerprint density at radius 2 is 1.69 bits per heavy atom. The highest BCUT2D eigenvalue weighted by Crippen LogP contribution is 2.26. The van der Waals surface area contributed by atoms with E-state index in [0.717, 1.165) is 0 Å². The van der Waals surface area contributed by atoms with Crippen LogP contribution < -0.4 is 0 Å². The summed E-state index contributed by atoms with van der Waals surface area (Å²) >= 11 is 0. The van der Waals surface area contributed by atoms with Gasteiger partial charge in [0.05, 0.1) is 13.2 Å². The van der Waals surface area contributed by atoms with E-state index in [0.29, 0.717) is 29.1 Å². The number of aromatic nitrogens is 1. The van der Waals surface area contributed by atoms with Gasteiger partial charge in [-0.15, -0.1) is 0 Å². The molecule has 26 heavy (non-hydrogen) atoms. The molecule has 7 heteroatoms. The summed E-state index contributed by atoms with van der Waals surface area (Å²) in [5.74, 6) is -0.924. The van der Waals surface area contributed by atoms with Crippen LogP contribution in [0.25, 0.3) is 0 Å². The molecule has 0 radical (unpaired) electrons. The lowest BCUT2D eigenvalue weighted by Crippen LogP contribution is -2.48. The molecule has 0 aromatic carbocycles. The highest BCUT2D eigenvalue weighted by atomic mass is 16.5. The summed E-state index contributed by atoms with van der Waals surface area (Å²) in [5, 5.41) is 0. The second-order valence-corrected chi connectivity index (χ2v) is 6.54. The van der Waals surface area contributed by atoms with E-state index < -0.39 is 12.0 Å². The minimum absolute atomic E-state index is 0.0862. The summed E-state index contributed by atoms with van der Waals surface area (Å²) in [6.45, 7) is 11.3. The highest BCUT2D eigenvalue weighted by molar-refractivity contribution is 6.06. The molecule has 1 aromatic heterocycles. The Morgan fingerprint density at radius 3 is 2.12 bits per heavy atom. The van der Waals surface area contributed by atoms with E-state index in [1.54, 1.807) is 25.3 Å².